The van der Waals surface area contributed by atoms with Gasteiger partial charge in [0.15, 0.2) is 5.76 Å². The van der Waals surface area contributed by atoms with Crippen LogP contribution in [0.4, 0.5) is 5.69 Å². The molecule has 32 heavy (non-hydrogen) atoms. The van der Waals surface area contributed by atoms with E-state index in [1.807, 2.05) is 0 Å². The summed E-state index contributed by atoms with van der Waals surface area (Å²) in [5.41, 5.74) is 0.588. The molecule has 3 rings (SSSR count). The maximum Gasteiger partial charge on any atom is 0.287 e. The zero-order valence-electron chi connectivity index (χ0n) is 18.9. The van der Waals surface area contributed by atoms with Crippen LogP contribution in [0.15, 0.2) is 34.7 Å². The number of hydrogen-bond donors (Lipinski definition) is 1. The Hall–Kier alpha value is -2.83. The predicted octanol–water partition coefficient (Wildman–Crippen LogP) is 6.48. The zero-order valence-corrected chi connectivity index (χ0v) is 18.9. The van der Waals surface area contributed by atoms with Gasteiger partial charge in [0, 0.05) is 17.7 Å². The number of rotatable bonds is 6. The van der Waals surface area contributed by atoms with Crippen molar-refractivity contribution in [3.63, 3.8) is 0 Å². The molecular formula is C25H34N2O5. The molecule has 0 bridgehead atoms. The monoisotopic (exact) mass is 442 g/mol. The molecule has 0 atom stereocenters. The minimum absolute atomic E-state index is 0.0565. The van der Waals surface area contributed by atoms with E-state index >= 15 is 0 Å². The fraction of sp³-hybridized carbons (Fsp3) is 0.560. The Kier molecular flexibility index (Phi) is 9.13. The van der Waals surface area contributed by atoms with Gasteiger partial charge >= 0.3 is 0 Å². The largest absolute Gasteiger partial charge is 0.486 e. The third-order valence-corrected chi connectivity index (χ3v) is 6.07. The fourth-order valence-corrected chi connectivity index (χ4v) is 4.22. The van der Waals surface area contributed by atoms with Crippen molar-refractivity contribution in [2.75, 3.05) is 0 Å². The standard InChI is InChI=1S/C25H34N2O5/c1-19-17-21(13-15-23(19)27(29)30)31-18-22-14-16-24(32-22)25(28)26-20-11-9-7-5-3-2-4-6-8-10-12-20/h13-17,20H,2-12,18H2,1H3,(H,26,28). The molecule has 2 aromatic rings. The first-order chi connectivity index (χ1) is 15.5. The van der Waals surface area contributed by atoms with Crippen molar-refractivity contribution in [3.05, 3.63) is 57.5 Å². The lowest BCUT2D eigenvalue weighted by Gasteiger charge is -2.19. The molecule has 1 amide bonds. The van der Waals surface area contributed by atoms with Crippen LogP contribution in [-0.2, 0) is 6.61 Å². The predicted molar refractivity (Wildman–Crippen MR) is 123 cm³/mol. The number of hydrogen-bond acceptors (Lipinski definition) is 5. The van der Waals surface area contributed by atoms with Crippen molar-refractivity contribution in [1.82, 2.24) is 5.32 Å². The molecule has 0 aliphatic heterocycles. The summed E-state index contributed by atoms with van der Waals surface area (Å²) in [5.74, 6) is 1.16. The lowest BCUT2D eigenvalue weighted by molar-refractivity contribution is -0.385. The lowest BCUT2D eigenvalue weighted by atomic mass is 9.98. The molecule has 1 fully saturated rings. The van der Waals surface area contributed by atoms with Crippen LogP contribution in [0.1, 0.15) is 92.5 Å². The van der Waals surface area contributed by atoms with Gasteiger partial charge in [0.2, 0.25) is 0 Å². The zero-order chi connectivity index (χ0) is 22.8. The van der Waals surface area contributed by atoms with E-state index in [9.17, 15) is 14.9 Å². The number of amides is 1. The summed E-state index contributed by atoms with van der Waals surface area (Å²) in [6, 6.07) is 8.20. The molecule has 0 spiro atoms. The van der Waals surface area contributed by atoms with Crippen molar-refractivity contribution < 1.29 is 18.9 Å². The second-order valence-electron chi connectivity index (χ2n) is 8.69. The van der Waals surface area contributed by atoms with E-state index in [1.54, 1.807) is 31.2 Å². The quantitative estimate of drug-likeness (QED) is 0.408. The van der Waals surface area contributed by atoms with Crippen molar-refractivity contribution in [2.24, 2.45) is 0 Å². The lowest BCUT2D eigenvalue weighted by Crippen LogP contribution is -2.34. The smallest absolute Gasteiger partial charge is 0.287 e. The van der Waals surface area contributed by atoms with Gasteiger partial charge in [-0.25, -0.2) is 0 Å². The summed E-state index contributed by atoms with van der Waals surface area (Å²) in [7, 11) is 0. The average molecular weight is 443 g/mol. The molecule has 1 saturated carbocycles. The highest BCUT2D eigenvalue weighted by Crippen LogP contribution is 2.24. The third kappa shape index (κ3) is 7.39. The van der Waals surface area contributed by atoms with Crippen molar-refractivity contribution in [1.29, 1.82) is 0 Å². The van der Waals surface area contributed by atoms with Crippen molar-refractivity contribution in [2.45, 2.75) is 90.2 Å². The number of carbonyl (C=O) groups excluding carboxylic acids is 1. The summed E-state index contributed by atoms with van der Waals surface area (Å²) >= 11 is 0. The highest BCUT2D eigenvalue weighted by Gasteiger charge is 2.17. The van der Waals surface area contributed by atoms with Gasteiger partial charge in [-0.2, -0.15) is 0 Å². The topological polar surface area (TPSA) is 94.6 Å². The van der Waals surface area contributed by atoms with Gasteiger partial charge < -0.3 is 14.5 Å². The molecule has 0 saturated heterocycles. The minimum atomic E-state index is -0.418. The number of nitrogens with one attached hydrogen (secondary N) is 1. The Labute approximate surface area is 189 Å². The van der Waals surface area contributed by atoms with E-state index in [2.05, 4.69) is 5.32 Å². The number of nitro benzene ring substituents is 1. The van der Waals surface area contributed by atoms with E-state index in [4.69, 9.17) is 9.15 Å². The van der Waals surface area contributed by atoms with Crippen molar-refractivity contribution >= 4 is 11.6 Å². The number of carbonyl (C=O) groups is 1. The Morgan fingerprint density at radius 3 is 2.25 bits per heavy atom. The highest BCUT2D eigenvalue weighted by atomic mass is 16.6. The van der Waals surface area contributed by atoms with E-state index in [0.29, 0.717) is 17.1 Å². The van der Waals surface area contributed by atoms with Crippen LogP contribution in [0.3, 0.4) is 0 Å². The average Bonchev–Trinajstić information content (AvgIpc) is 3.23. The maximum absolute atomic E-state index is 12.7. The van der Waals surface area contributed by atoms with E-state index in [1.165, 1.54) is 51.0 Å². The van der Waals surface area contributed by atoms with Gasteiger partial charge in [0.05, 0.1) is 4.92 Å². The number of nitrogens with zero attached hydrogens (tertiary/aromatic N) is 1. The van der Waals surface area contributed by atoms with Crippen LogP contribution in [-0.4, -0.2) is 16.9 Å². The van der Waals surface area contributed by atoms with Crippen LogP contribution in [0, 0.1) is 17.0 Å². The molecule has 174 valence electrons. The van der Waals surface area contributed by atoms with Gasteiger partial charge in [0.25, 0.3) is 11.6 Å². The van der Waals surface area contributed by atoms with Crippen molar-refractivity contribution in [3.8, 4) is 5.75 Å². The van der Waals surface area contributed by atoms with Gasteiger partial charge in [0.1, 0.15) is 18.1 Å². The summed E-state index contributed by atoms with van der Waals surface area (Å²) in [5, 5.41) is 14.1. The Morgan fingerprint density at radius 1 is 1.03 bits per heavy atom. The molecule has 1 aliphatic rings. The van der Waals surface area contributed by atoms with E-state index < -0.39 is 4.92 Å². The molecule has 1 heterocycles. The normalized spacial score (nSPS) is 16.5. The van der Waals surface area contributed by atoms with E-state index in [0.717, 1.165) is 25.7 Å². The minimum Gasteiger partial charge on any atom is -0.486 e. The van der Waals surface area contributed by atoms with Crippen LogP contribution >= 0.6 is 0 Å². The molecule has 0 unspecified atom stereocenters. The van der Waals surface area contributed by atoms with Crippen LogP contribution in [0.5, 0.6) is 5.75 Å². The molecule has 1 aliphatic carbocycles. The molecule has 1 aromatic carbocycles. The third-order valence-electron chi connectivity index (χ3n) is 6.07. The molecule has 1 N–H and O–H groups in total. The molecule has 7 heteroatoms. The Morgan fingerprint density at radius 2 is 1.66 bits per heavy atom. The first-order valence-corrected chi connectivity index (χ1v) is 11.8. The number of benzene rings is 1. The van der Waals surface area contributed by atoms with Gasteiger partial charge in [-0.3, -0.25) is 14.9 Å². The molecule has 7 nitrogen and oxygen atoms in total. The van der Waals surface area contributed by atoms with Crippen LogP contribution in [0.25, 0.3) is 0 Å². The maximum atomic E-state index is 12.7. The highest BCUT2D eigenvalue weighted by molar-refractivity contribution is 5.91. The summed E-state index contributed by atoms with van der Waals surface area (Å²) < 4.78 is 11.4. The summed E-state index contributed by atoms with van der Waals surface area (Å²) in [6.45, 7) is 1.82. The second-order valence-corrected chi connectivity index (χ2v) is 8.69. The molecule has 1 aromatic heterocycles. The van der Waals surface area contributed by atoms with Gasteiger partial charge in [-0.1, -0.05) is 57.8 Å². The first-order valence-electron chi connectivity index (χ1n) is 11.8. The molecule has 0 radical (unpaired) electrons. The summed E-state index contributed by atoms with van der Waals surface area (Å²) in [4.78, 5) is 23.2. The van der Waals surface area contributed by atoms with E-state index in [-0.39, 0.29) is 30.0 Å². The fourth-order valence-electron chi connectivity index (χ4n) is 4.22. The summed E-state index contributed by atoms with van der Waals surface area (Å²) in [6.07, 6.45) is 13.4. The number of furan rings is 1. The van der Waals surface area contributed by atoms with Gasteiger partial charge in [-0.05, 0) is 44.0 Å². The molecular weight excluding hydrogens is 408 g/mol. The SMILES string of the molecule is Cc1cc(OCc2ccc(C(=O)NC3CCCCCCCCCCC3)o2)ccc1[N+](=O)[O-]. The second kappa shape index (κ2) is 12.3. The number of ether oxygens (including phenoxy) is 1. The van der Waals surface area contributed by atoms with Crippen LogP contribution < -0.4 is 10.1 Å². The Balaban J connectivity index is 1.51. The van der Waals surface area contributed by atoms with Crippen LogP contribution in [0.2, 0.25) is 0 Å². The first kappa shape index (κ1) is 23.8. The Bertz CT molecular complexity index is 880. The number of aryl methyl sites for hydroxylation is 1. The van der Waals surface area contributed by atoms with Gasteiger partial charge in [-0.15, -0.1) is 0 Å². The number of nitro groups is 1.